The molecule has 0 aromatic heterocycles. The van der Waals surface area contributed by atoms with Crippen molar-refractivity contribution in [3.63, 3.8) is 0 Å². The highest BCUT2D eigenvalue weighted by Gasteiger charge is 2.31. The van der Waals surface area contributed by atoms with Gasteiger partial charge in [-0.05, 0) is 57.2 Å². The number of carboxylic acid groups (broad SMARTS) is 3. The van der Waals surface area contributed by atoms with Gasteiger partial charge in [-0.3, -0.25) is 19.2 Å². The first-order valence-corrected chi connectivity index (χ1v) is 13.5. The van der Waals surface area contributed by atoms with Gasteiger partial charge in [0.15, 0.2) is 6.04 Å². The fourth-order valence-electron chi connectivity index (χ4n) is 3.55. The third kappa shape index (κ3) is 13.3. The second kappa shape index (κ2) is 18.1. The fraction of sp³-hybridized carbons (Fsp3) is 0.556. The number of carbonyl (C=O) groups excluding carboxylic acids is 3. The van der Waals surface area contributed by atoms with Crippen molar-refractivity contribution in [1.82, 2.24) is 16.0 Å². The van der Waals surface area contributed by atoms with E-state index < -0.39 is 66.1 Å². The second-order valence-electron chi connectivity index (χ2n) is 9.66. The van der Waals surface area contributed by atoms with E-state index in [-0.39, 0.29) is 25.7 Å². The van der Waals surface area contributed by atoms with E-state index in [2.05, 4.69) is 16.0 Å². The van der Waals surface area contributed by atoms with Crippen molar-refractivity contribution in [1.29, 1.82) is 0 Å². The normalized spacial score (nSPS) is 14.3. The number of unbranched alkanes of at least 4 members (excludes halogenated alkanes) is 1. The molecule has 0 aliphatic rings. The third-order valence-electron chi connectivity index (χ3n) is 6.06. The predicted molar refractivity (Wildman–Crippen MR) is 148 cm³/mol. The minimum Gasteiger partial charge on any atom is -0.494 e. The zero-order chi connectivity index (χ0) is 31.8. The summed E-state index contributed by atoms with van der Waals surface area (Å²) >= 11 is 0. The smallest absolute Gasteiger partial charge is 0.408 e. The number of carbonyl (C=O) groups is 6. The Labute approximate surface area is 243 Å². The number of hydrogen-bond donors (Lipinski definition) is 7. The largest absolute Gasteiger partial charge is 0.494 e. The van der Waals surface area contributed by atoms with E-state index in [1.165, 1.54) is 13.8 Å². The molecule has 0 saturated heterocycles. The molecule has 15 nitrogen and oxygen atoms in total. The lowest BCUT2D eigenvalue weighted by Gasteiger charge is -2.24. The van der Waals surface area contributed by atoms with Crippen molar-refractivity contribution in [3.05, 3.63) is 29.8 Å². The number of amides is 3. The minimum absolute atomic E-state index is 0.0392. The SMILES string of the molecule is CCCCOc1ccc(CC(=O)NC(C(=O)O)C(C)OC(=O)N[C@H](CCCC(N)C(=O)O)C(=O)N[C@H](C)C(=O)O)cc1. The molecular formula is C27H40N4O11. The number of nitrogens with two attached hydrogens (primary N) is 1. The molecule has 0 aliphatic carbocycles. The second-order valence-corrected chi connectivity index (χ2v) is 9.66. The summed E-state index contributed by atoms with van der Waals surface area (Å²) in [7, 11) is 0. The van der Waals surface area contributed by atoms with Crippen LogP contribution in [0.4, 0.5) is 4.79 Å². The number of ether oxygens (including phenoxy) is 2. The molecule has 3 unspecified atom stereocenters. The molecule has 15 heteroatoms. The monoisotopic (exact) mass is 596 g/mol. The van der Waals surface area contributed by atoms with Crippen molar-refractivity contribution in [2.45, 2.75) is 89.6 Å². The average Bonchev–Trinajstić information content (AvgIpc) is 2.91. The molecule has 0 aliphatic heterocycles. The predicted octanol–water partition coefficient (Wildman–Crippen LogP) is 0.632. The Hall–Kier alpha value is -4.40. The van der Waals surface area contributed by atoms with E-state index in [1.54, 1.807) is 24.3 Å². The van der Waals surface area contributed by atoms with Gasteiger partial charge in [-0.1, -0.05) is 25.5 Å². The Kier molecular flexibility index (Phi) is 15.4. The molecule has 0 radical (unpaired) electrons. The lowest BCUT2D eigenvalue weighted by molar-refractivity contribution is -0.144. The summed E-state index contributed by atoms with van der Waals surface area (Å²) in [6.07, 6.45) is -0.956. The van der Waals surface area contributed by atoms with Crippen molar-refractivity contribution in [2.24, 2.45) is 5.73 Å². The van der Waals surface area contributed by atoms with Crippen LogP contribution in [0.3, 0.4) is 0 Å². The van der Waals surface area contributed by atoms with Crippen molar-refractivity contribution >= 4 is 35.8 Å². The molecule has 1 aromatic carbocycles. The summed E-state index contributed by atoms with van der Waals surface area (Å²) < 4.78 is 10.7. The van der Waals surface area contributed by atoms with Crippen LogP contribution in [0.2, 0.25) is 0 Å². The van der Waals surface area contributed by atoms with Crippen LogP contribution in [-0.4, -0.2) is 88.0 Å². The van der Waals surface area contributed by atoms with Gasteiger partial charge in [0.2, 0.25) is 11.8 Å². The van der Waals surface area contributed by atoms with E-state index in [4.69, 9.17) is 25.4 Å². The fourth-order valence-corrected chi connectivity index (χ4v) is 3.55. The summed E-state index contributed by atoms with van der Waals surface area (Å²) in [5.41, 5.74) is 6.05. The molecule has 5 atom stereocenters. The van der Waals surface area contributed by atoms with Gasteiger partial charge in [-0.15, -0.1) is 0 Å². The summed E-state index contributed by atoms with van der Waals surface area (Å²) in [4.78, 5) is 71.6. The van der Waals surface area contributed by atoms with Crippen LogP contribution in [0.1, 0.15) is 58.4 Å². The van der Waals surface area contributed by atoms with Crippen LogP contribution >= 0.6 is 0 Å². The number of alkyl carbamates (subject to hydrolysis) is 1. The molecule has 8 N–H and O–H groups in total. The van der Waals surface area contributed by atoms with Gasteiger partial charge in [0.25, 0.3) is 0 Å². The quantitative estimate of drug-likeness (QED) is 0.109. The molecule has 0 heterocycles. The molecule has 234 valence electrons. The Bertz CT molecular complexity index is 1080. The van der Waals surface area contributed by atoms with Crippen LogP contribution in [0.15, 0.2) is 24.3 Å². The molecule has 0 bridgehead atoms. The topological polar surface area (TPSA) is 244 Å². The number of rotatable bonds is 19. The minimum atomic E-state index is -1.63. The van der Waals surface area contributed by atoms with Gasteiger partial charge in [0.1, 0.15) is 30.0 Å². The van der Waals surface area contributed by atoms with E-state index in [0.717, 1.165) is 12.8 Å². The van der Waals surface area contributed by atoms with Gasteiger partial charge in [-0.2, -0.15) is 0 Å². The first-order valence-electron chi connectivity index (χ1n) is 13.5. The highest BCUT2D eigenvalue weighted by Crippen LogP contribution is 2.14. The van der Waals surface area contributed by atoms with Crippen LogP contribution in [-0.2, 0) is 35.1 Å². The number of benzene rings is 1. The Morgan fingerprint density at radius 2 is 1.50 bits per heavy atom. The Morgan fingerprint density at radius 1 is 0.857 bits per heavy atom. The average molecular weight is 597 g/mol. The van der Waals surface area contributed by atoms with Crippen LogP contribution < -0.4 is 26.4 Å². The van der Waals surface area contributed by atoms with Gasteiger partial charge in [-0.25, -0.2) is 9.59 Å². The van der Waals surface area contributed by atoms with Gasteiger partial charge < -0.3 is 46.5 Å². The maximum absolute atomic E-state index is 12.6. The maximum atomic E-state index is 12.6. The molecule has 1 rings (SSSR count). The highest BCUT2D eigenvalue weighted by molar-refractivity contribution is 5.89. The number of nitrogens with one attached hydrogen (secondary N) is 3. The van der Waals surface area contributed by atoms with Crippen LogP contribution in [0.25, 0.3) is 0 Å². The third-order valence-corrected chi connectivity index (χ3v) is 6.06. The molecule has 0 spiro atoms. The molecular weight excluding hydrogens is 556 g/mol. The zero-order valence-electron chi connectivity index (χ0n) is 23.8. The molecule has 0 saturated carbocycles. The lowest BCUT2D eigenvalue weighted by Crippen LogP contribution is -2.53. The summed E-state index contributed by atoms with van der Waals surface area (Å²) in [6, 6.07) is 1.25. The summed E-state index contributed by atoms with van der Waals surface area (Å²) in [6.45, 7) is 5.04. The van der Waals surface area contributed by atoms with Gasteiger partial charge >= 0.3 is 24.0 Å². The first-order chi connectivity index (χ1) is 19.7. The standard InChI is InChI=1S/C27H40N4O11/c1-4-5-13-41-18-11-9-17(10-12-18)14-21(32)31-22(26(38)39)16(3)42-27(40)30-20(8-6-7-19(28)25(36)37)23(33)29-15(2)24(34)35/h9-12,15-16,19-20,22H,4-8,13-14,28H2,1-3H3,(H,29,33)(H,30,40)(H,31,32)(H,34,35)(H,36,37)(H,38,39)/t15-,16?,19?,20-,22?/m1/s1. The van der Waals surface area contributed by atoms with Crippen molar-refractivity contribution in [2.75, 3.05) is 6.61 Å². The highest BCUT2D eigenvalue weighted by atomic mass is 16.6. The van der Waals surface area contributed by atoms with Gasteiger partial charge in [0, 0.05) is 0 Å². The van der Waals surface area contributed by atoms with Crippen molar-refractivity contribution in [3.8, 4) is 5.75 Å². The first kappa shape index (κ1) is 35.6. The van der Waals surface area contributed by atoms with Crippen LogP contribution in [0.5, 0.6) is 5.75 Å². The van der Waals surface area contributed by atoms with E-state index in [0.29, 0.717) is 17.9 Å². The lowest BCUT2D eigenvalue weighted by atomic mass is 10.0. The number of carboxylic acids is 3. The van der Waals surface area contributed by atoms with E-state index in [1.807, 2.05) is 6.92 Å². The Balaban J connectivity index is 2.80. The molecule has 42 heavy (non-hydrogen) atoms. The molecule has 1 aromatic rings. The van der Waals surface area contributed by atoms with Gasteiger partial charge in [0.05, 0.1) is 13.0 Å². The summed E-state index contributed by atoms with van der Waals surface area (Å²) in [5.74, 6) is -4.96. The van der Waals surface area contributed by atoms with E-state index >= 15 is 0 Å². The number of aliphatic carboxylic acids is 3. The molecule has 3 amide bonds. The van der Waals surface area contributed by atoms with E-state index in [9.17, 15) is 33.9 Å². The number of hydrogen-bond acceptors (Lipinski definition) is 9. The van der Waals surface area contributed by atoms with Crippen LogP contribution in [0, 0.1) is 0 Å². The summed E-state index contributed by atoms with van der Waals surface area (Å²) in [5, 5.41) is 34.3. The maximum Gasteiger partial charge on any atom is 0.408 e. The van der Waals surface area contributed by atoms with Crippen molar-refractivity contribution < 1.29 is 53.6 Å². The zero-order valence-corrected chi connectivity index (χ0v) is 23.8. The Morgan fingerprint density at radius 3 is 2.05 bits per heavy atom. The molecule has 0 fully saturated rings.